The fourth-order valence-electron chi connectivity index (χ4n) is 2.56. The Bertz CT molecular complexity index is 1010. The van der Waals surface area contributed by atoms with E-state index in [2.05, 4.69) is 10.6 Å². The van der Waals surface area contributed by atoms with Crippen LogP contribution in [0.4, 0.5) is 11.4 Å². The number of halogens is 1. The highest BCUT2D eigenvalue weighted by atomic mass is 35.5. The third kappa shape index (κ3) is 5.93. The standard InChI is InChI=1S/C19H22ClN3O5S/c1-4-23(29(26,27)16-8-9-18(28-3)17(20)11-16)12-19(25)22-15-7-5-6-14(10-15)21-13(2)24/h5-11H,4,12H2,1-3H3,(H,21,24)(H,22,25). The predicted molar refractivity (Wildman–Crippen MR) is 112 cm³/mol. The fourth-order valence-corrected chi connectivity index (χ4v) is 4.32. The molecule has 2 N–H and O–H groups in total. The highest BCUT2D eigenvalue weighted by Crippen LogP contribution is 2.28. The summed E-state index contributed by atoms with van der Waals surface area (Å²) in [5.41, 5.74) is 0.949. The summed E-state index contributed by atoms with van der Waals surface area (Å²) in [6.07, 6.45) is 0. The maximum Gasteiger partial charge on any atom is 0.243 e. The van der Waals surface area contributed by atoms with Crippen LogP contribution in [0.3, 0.4) is 0 Å². The van der Waals surface area contributed by atoms with Crippen LogP contribution in [0.5, 0.6) is 5.75 Å². The van der Waals surface area contributed by atoms with Gasteiger partial charge in [-0.1, -0.05) is 24.6 Å². The number of likely N-dealkylation sites (N-methyl/N-ethyl adjacent to an activating group) is 1. The summed E-state index contributed by atoms with van der Waals surface area (Å²) in [5, 5.41) is 5.40. The van der Waals surface area contributed by atoms with Crippen molar-refractivity contribution in [2.45, 2.75) is 18.7 Å². The summed E-state index contributed by atoms with van der Waals surface area (Å²) in [4.78, 5) is 23.5. The van der Waals surface area contributed by atoms with Crippen LogP contribution >= 0.6 is 11.6 Å². The first-order valence-electron chi connectivity index (χ1n) is 8.68. The molecular weight excluding hydrogens is 418 g/mol. The Hall–Kier alpha value is -2.62. The van der Waals surface area contributed by atoms with E-state index in [1.807, 2.05) is 0 Å². The quantitative estimate of drug-likeness (QED) is 0.657. The van der Waals surface area contributed by atoms with Gasteiger partial charge < -0.3 is 15.4 Å². The molecule has 2 rings (SSSR count). The van der Waals surface area contributed by atoms with Crippen LogP contribution in [0.2, 0.25) is 5.02 Å². The molecule has 156 valence electrons. The first-order valence-corrected chi connectivity index (χ1v) is 10.5. The molecule has 0 unspecified atom stereocenters. The molecule has 2 aromatic rings. The maximum atomic E-state index is 12.9. The van der Waals surface area contributed by atoms with Gasteiger partial charge in [0.1, 0.15) is 5.75 Å². The number of carbonyl (C=O) groups excluding carboxylic acids is 2. The average molecular weight is 440 g/mol. The van der Waals surface area contributed by atoms with E-state index in [1.165, 1.54) is 32.2 Å². The Kier molecular flexibility index (Phi) is 7.60. The summed E-state index contributed by atoms with van der Waals surface area (Å²) >= 11 is 6.03. The van der Waals surface area contributed by atoms with E-state index in [1.54, 1.807) is 31.2 Å². The van der Waals surface area contributed by atoms with Crippen molar-refractivity contribution in [3.63, 3.8) is 0 Å². The second-order valence-electron chi connectivity index (χ2n) is 6.04. The van der Waals surface area contributed by atoms with Gasteiger partial charge in [0, 0.05) is 24.8 Å². The second kappa shape index (κ2) is 9.73. The van der Waals surface area contributed by atoms with Crippen LogP contribution in [-0.2, 0) is 19.6 Å². The van der Waals surface area contributed by atoms with Crippen molar-refractivity contribution in [1.82, 2.24) is 4.31 Å². The molecule has 0 aliphatic rings. The SMILES string of the molecule is CCN(CC(=O)Nc1cccc(NC(C)=O)c1)S(=O)(=O)c1ccc(OC)c(Cl)c1. The monoisotopic (exact) mass is 439 g/mol. The number of benzene rings is 2. The number of ether oxygens (including phenoxy) is 1. The molecule has 29 heavy (non-hydrogen) atoms. The number of rotatable bonds is 8. The summed E-state index contributed by atoms with van der Waals surface area (Å²) < 4.78 is 31.8. The molecule has 2 amide bonds. The number of sulfonamides is 1. The first-order chi connectivity index (χ1) is 13.7. The molecule has 2 aromatic carbocycles. The number of amides is 2. The normalized spacial score (nSPS) is 11.2. The Morgan fingerprint density at radius 2 is 1.76 bits per heavy atom. The maximum absolute atomic E-state index is 12.9. The third-order valence-electron chi connectivity index (χ3n) is 3.90. The minimum Gasteiger partial charge on any atom is -0.495 e. The summed E-state index contributed by atoms with van der Waals surface area (Å²) in [5.74, 6) is -0.407. The molecule has 0 aliphatic carbocycles. The minimum atomic E-state index is -3.93. The van der Waals surface area contributed by atoms with Crippen molar-refractivity contribution in [3.8, 4) is 5.75 Å². The van der Waals surface area contributed by atoms with Crippen LogP contribution in [0.1, 0.15) is 13.8 Å². The number of hydrogen-bond donors (Lipinski definition) is 2. The van der Waals surface area contributed by atoms with Gasteiger partial charge in [0.05, 0.1) is 23.6 Å². The van der Waals surface area contributed by atoms with E-state index in [9.17, 15) is 18.0 Å². The van der Waals surface area contributed by atoms with Crippen LogP contribution in [0.25, 0.3) is 0 Å². The average Bonchev–Trinajstić information content (AvgIpc) is 2.65. The molecule has 0 heterocycles. The molecule has 0 saturated carbocycles. The smallest absolute Gasteiger partial charge is 0.243 e. The van der Waals surface area contributed by atoms with Gasteiger partial charge in [0.15, 0.2) is 0 Å². The van der Waals surface area contributed by atoms with Crippen LogP contribution in [0, 0.1) is 0 Å². The third-order valence-corrected chi connectivity index (χ3v) is 6.11. The zero-order chi connectivity index (χ0) is 21.6. The summed E-state index contributed by atoms with van der Waals surface area (Å²) in [7, 11) is -2.50. The molecule has 0 saturated heterocycles. The first kappa shape index (κ1) is 22.7. The van der Waals surface area contributed by atoms with Crippen LogP contribution in [0.15, 0.2) is 47.4 Å². The van der Waals surface area contributed by atoms with Gasteiger partial charge >= 0.3 is 0 Å². The number of anilines is 2. The largest absolute Gasteiger partial charge is 0.495 e. The Balaban J connectivity index is 2.15. The molecule has 0 aromatic heterocycles. The number of nitrogens with one attached hydrogen (secondary N) is 2. The molecule has 0 bridgehead atoms. The summed E-state index contributed by atoms with van der Waals surface area (Å²) in [6.45, 7) is 2.71. The molecule has 8 nitrogen and oxygen atoms in total. The lowest BCUT2D eigenvalue weighted by Crippen LogP contribution is -2.37. The van der Waals surface area contributed by atoms with Gasteiger partial charge in [-0.2, -0.15) is 4.31 Å². The zero-order valence-corrected chi connectivity index (χ0v) is 17.8. The van der Waals surface area contributed by atoms with Gasteiger partial charge in [-0.25, -0.2) is 8.42 Å². The molecule has 0 atom stereocenters. The Morgan fingerprint density at radius 3 is 2.31 bits per heavy atom. The summed E-state index contributed by atoms with van der Waals surface area (Å²) in [6, 6.07) is 10.7. The molecule has 0 fully saturated rings. The van der Waals surface area contributed by atoms with Crippen molar-refractivity contribution < 1.29 is 22.7 Å². The molecular formula is C19H22ClN3O5S. The lowest BCUT2D eigenvalue weighted by Gasteiger charge is -2.20. The number of hydrogen-bond acceptors (Lipinski definition) is 5. The van der Waals surface area contributed by atoms with Crippen LogP contribution < -0.4 is 15.4 Å². The van der Waals surface area contributed by atoms with E-state index < -0.39 is 15.9 Å². The zero-order valence-electron chi connectivity index (χ0n) is 16.2. The number of nitrogens with zero attached hydrogens (tertiary/aromatic N) is 1. The van der Waals surface area contributed by atoms with Crippen molar-refractivity contribution in [2.24, 2.45) is 0 Å². The van der Waals surface area contributed by atoms with E-state index in [-0.39, 0.29) is 28.9 Å². The van der Waals surface area contributed by atoms with Gasteiger partial charge in [-0.15, -0.1) is 0 Å². The minimum absolute atomic E-state index is 0.0365. The molecule has 0 aliphatic heterocycles. The Morgan fingerprint density at radius 1 is 1.10 bits per heavy atom. The van der Waals surface area contributed by atoms with Crippen molar-refractivity contribution in [2.75, 3.05) is 30.8 Å². The molecule has 10 heteroatoms. The van der Waals surface area contributed by atoms with E-state index in [0.29, 0.717) is 17.1 Å². The van der Waals surface area contributed by atoms with Crippen molar-refractivity contribution in [1.29, 1.82) is 0 Å². The van der Waals surface area contributed by atoms with Gasteiger partial charge in [0.25, 0.3) is 0 Å². The highest BCUT2D eigenvalue weighted by molar-refractivity contribution is 7.89. The van der Waals surface area contributed by atoms with E-state index in [4.69, 9.17) is 16.3 Å². The molecule has 0 spiro atoms. The van der Waals surface area contributed by atoms with E-state index in [0.717, 1.165) is 4.31 Å². The lowest BCUT2D eigenvalue weighted by molar-refractivity contribution is -0.116. The Labute approximate surface area is 174 Å². The van der Waals surface area contributed by atoms with Crippen molar-refractivity contribution >= 4 is 44.8 Å². The molecule has 0 radical (unpaired) electrons. The predicted octanol–water partition coefficient (Wildman–Crippen LogP) is 2.96. The number of methoxy groups -OCH3 is 1. The van der Waals surface area contributed by atoms with Gasteiger partial charge in [-0.3, -0.25) is 9.59 Å². The van der Waals surface area contributed by atoms with Crippen molar-refractivity contribution in [3.05, 3.63) is 47.5 Å². The lowest BCUT2D eigenvalue weighted by atomic mass is 10.2. The van der Waals surface area contributed by atoms with Crippen LogP contribution in [-0.4, -0.2) is 44.7 Å². The second-order valence-corrected chi connectivity index (χ2v) is 8.38. The van der Waals surface area contributed by atoms with Gasteiger partial charge in [-0.05, 0) is 36.4 Å². The number of carbonyl (C=O) groups is 2. The highest BCUT2D eigenvalue weighted by Gasteiger charge is 2.26. The fraction of sp³-hybridized carbons (Fsp3) is 0.263. The van der Waals surface area contributed by atoms with Gasteiger partial charge in [0.2, 0.25) is 21.8 Å². The topological polar surface area (TPSA) is 105 Å². The van der Waals surface area contributed by atoms with E-state index >= 15 is 0 Å².